The van der Waals surface area contributed by atoms with Gasteiger partial charge < -0.3 is 10.6 Å². The zero-order valence-corrected chi connectivity index (χ0v) is 23.6. The molecule has 0 bridgehead atoms. The maximum Gasteiger partial charge on any atom is 0.237 e. The molecule has 1 spiro atoms. The predicted molar refractivity (Wildman–Crippen MR) is 147 cm³/mol. The van der Waals surface area contributed by atoms with Crippen molar-refractivity contribution >= 4 is 40.6 Å². The second kappa shape index (κ2) is 9.07. The highest BCUT2D eigenvalue weighted by molar-refractivity contribution is 6.31. The summed E-state index contributed by atoms with van der Waals surface area (Å²) in [6.45, 7) is 10.8. The molecule has 4 atom stereocenters. The lowest BCUT2D eigenvalue weighted by Gasteiger charge is -2.43. The molecule has 7 heteroatoms. The first-order valence-corrected chi connectivity index (χ1v) is 13.8. The zero-order valence-electron chi connectivity index (χ0n) is 22.1. The highest BCUT2D eigenvalue weighted by Crippen LogP contribution is 2.57. The lowest BCUT2D eigenvalue weighted by molar-refractivity contribution is -0.124. The van der Waals surface area contributed by atoms with Crippen LogP contribution < -0.4 is 10.6 Å². The Labute approximate surface area is 228 Å². The van der Waals surface area contributed by atoms with Gasteiger partial charge in [-0.3, -0.25) is 9.59 Å². The number of carbonyl (C=O) groups is 2. The number of halogens is 3. The number of Topliss-reactive ketones (excluding diaryl/α,β-unsaturated/α-hetero) is 1. The van der Waals surface area contributed by atoms with Crippen molar-refractivity contribution in [2.75, 3.05) is 5.32 Å². The fourth-order valence-electron chi connectivity index (χ4n) is 7.24. The molecule has 198 valence electrons. The molecule has 2 N–H and O–H groups in total. The summed E-state index contributed by atoms with van der Waals surface area (Å²) in [6.07, 6.45) is 3.09. The molecule has 1 amide bonds. The Morgan fingerprint density at radius 2 is 1.84 bits per heavy atom. The van der Waals surface area contributed by atoms with Gasteiger partial charge in [0.2, 0.25) is 5.91 Å². The minimum atomic E-state index is -1.20. The first-order valence-electron chi connectivity index (χ1n) is 13.1. The lowest BCUT2D eigenvalue weighted by Crippen LogP contribution is -2.49. The number of nitrogens with one attached hydrogen (secondary N) is 2. The van der Waals surface area contributed by atoms with Gasteiger partial charge in [0.1, 0.15) is 11.2 Å². The van der Waals surface area contributed by atoms with Crippen molar-refractivity contribution in [3.63, 3.8) is 0 Å². The van der Waals surface area contributed by atoms with Gasteiger partial charge in [-0.25, -0.2) is 4.39 Å². The molecule has 37 heavy (non-hydrogen) atoms. The molecule has 2 heterocycles. The van der Waals surface area contributed by atoms with E-state index in [0.717, 1.165) is 18.4 Å². The SMILES string of the molecule is CC(C)(C)C[C@@H]1N[C@@H](C(=O)CC2CC(C)(C)C2)[C@H](c2cccc(Cl)c2)[C@]12C(=O)Nc1cc(Cl)c(F)cc12. The van der Waals surface area contributed by atoms with Gasteiger partial charge in [-0.05, 0) is 71.4 Å². The van der Waals surface area contributed by atoms with Crippen LogP contribution in [0.2, 0.25) is 10.0 Å². The Balaban J connectivity index is 1.68. The largest absolute Gasteiger partial charge is 0.325 e. The topological polar surface area (TPSA) is 58.2 Å². The van der Waals surface area contributed by atoms with Crippen LogP contribution in [0.1, 0.15) is 77.3 Å². The molecule has 2 aliphatic heterocycles. The molecule has 3 aliphatic rings. The quantitative estimate of drug-likeness (QED) is 0.415. The van der Waals surface area contributed by atoms with E-state index in [1.807, 2.05) is 18.2 Å². The first kappa shape index (κ1) is 26.6. The molecule has 5 rings (SSSR count). The van der Waals surface area contributed by atoms with Crippen molar-refractivity contribution in [2.24, 2.45) is 16.7 Å². The van der Waals surface area contributed by atoms with Crippen molar-refractivity contribution in [1.82, 2.24) is 5.32 Å². The number of hydrogen-bond donors (Lipinski definition) is 2. The molecule has 1 saturated carbocycles. The Morgan fingerprint density at radius 3 is 2.46 bits per heavy atom. The van der Waals surface area contributed by atoms with E-state index in [0.29, 0.717) is 35.0 Å². The number of fused-ring (bicyclic) bond motifs is 2. The molecular formula is C30H35Cl2FN2O2. The van der Waals surface area contributed by atoms with Crippen LogP contribution in [0, 0.1) is 22.6 Å². The number of benzene rings is 2. The fourth-order valence-corrected chi connectivity index (χ4v) is 7.61. The summed E-state index contributed by atoms with van der Waals surface area (Å²) in [6, 6.07) is 9.23. The smallest absolute Gasteiger partial charge is 0.237 e. The van der Waals surface area contributed by atoms with Crippen molar-refractivity contribution in [2.45, 2.75) is 83.7 Å². The third kappa shape index (κ3) is 4.62. The molecule has 1 aliphatic carbocycles. The van der Waals surface area contributed by atoms with Crippen LogP contribution in [0.4, 0.5) is 10.1 Å². The van der Waals surface area contributed by atoms with Crippen LogP contribution in [0.15, 0.2) is 36.4 Å². The summed E-state index contributed by atoms with van der Waals surface area (Å²) in [4.78, 5) is 28.1. The molecule has 0 aromatic heterocycles. The Bertz CT molecular complexity index is 1260. The van der Waals surface area contributed by atoms with E-state index >= 15 is 0 Å². The average molecular weight is 546 g/mol. The van der Waals surface area contributed by atoms with Crippen molar-refractivity contribution < 1.29 is 14.0 Å². The van der Waals surface area contributed by atoms with Crippen LogP contribution >= 0.6 is 23.2 Å². The predicted octanol–water partition coefficient (Wildman–Crippen LogP) is 7.28. The summed E-state index contributed by atoms with van der Waals surface area (Å²) >= 11 is 12.6. The van der Waals surface area contributed by atoms with Gasteiger partial charge >= 0.3 is 0 Å². The second-order valence-electron chi connectivity index (χ2n) is 13.2. The normalized spacial score (nSPS) is 28.8. The van der Waals surface area contributed by atoms with Crippen LogP contribution in [0.3, 0.4) is 0 Å². The molecule has 2 aromatic carbocycles. The molecule has 2 fully saturated rings. The maximum absolute atomic E-state index is 15.0. The van der Waals surface area contributed by atoms with Gasteiger partial charge in [0.15, 0.2) is 5.78 Å². The molecule has 4 nitrogen and oxygen atoms in total. The Morgan fingerprint density at radius 1 is 1.14 bits per heavy atom. The third-order valence-electron chi connectivity index (χ3n) is 8.43. The second-order valence-corrected chi connectivity index (χ2v) is 14.1. The van der Waals surface area contributed by atoms with Crippen LogP contribution in [0.5, 0.6) is 0 Å². The summed E-state index contributed by atoms with van der Waals surface area (Å²) in [5.74, 6) is -0.945. The Hall–Kier alpha value is -1.95. The van der Waals surface area contributed by atoms with E-state index in [4.69, 9.17) is 23.2 Å². The van der Waals surface area contributed by atoms with E-state index in [-0.39, 0.29) is 27.5 Å². The summed E-state index contributed by atoms with van der Waals surface area (Å²) in [5.41, 5.74) is 0.745. The highest BCUT2D eigenvalue weighted by atomic mass is 35.5. The van der Waals surface area contributed by atoms with Crippen molar-refractivity contribution in [3.05, 3.63) is 63.4 Å². The monoisotopic (exact) mass is 544 g/mol. The molecular weight excluding hydrogens is 510 g/mol. The first-order chi connectivity index (χ1) is 17.2. The van der Waals surface area contributed by atoms with Crippen LogP contribution in [-0.2, 0) is 15.0 Å². The summed E-state index contributed by atoms with van der Waals surface area (Å²) < 4.78 is 15.0. The number of rotatable bonds is 5. The van der Waals surface area contributed by atoms with Gasteiger partial charge in [-0.2, -0.15) is 0 Å². The van der Waals surface area contributed by atoms with E-state index < -0.39 is 29.2 Å². The zero-order chi connectivity index (χ0) is 26.9. The lowest BCUT2D eigenvalue weighted by atomic mass is 9.60. The molecule has 0 radical (unpaired) electrons. The van der Waals surface area contributed by atoms with E-state index in [2.05, 4.69) is 45.3 Å². The molecule has 0 unspecified atom stereocenters. The maximum atomic E-state index is 15.0. The van der Waals surface area contributed by atoms with E-state index in [1.165, 1.54) is 12.1 Å². The van der Waals surface area contributed by atoms with Gasteiger partial charge in [-0.1, -0.05) is 70.0 Å². The standard InChI is InChI=1S/C30H35Cl2FN2O2/c1-28(2,3)15-24-30(19-11-21(33)20(32)12-22(19)34-27(30)37)25(17-7-6-8-18(31)10-17)26(35-24)23(36)9-16-13-29(4,5)14-16/h6-8,10-12,16,24-26,35H,9,13-15H2,1-5H3,(H,34,37)/t24-,25-,26-,30+/m0/s1. The van der Waals surface area contributed by atoms with E-state index in [9.17, 15) is 14.0 Å². The highest BCUT2D eigenvalue weighted by Gasteiger charge is 2.65. The molecule has 2 aromatic rings. The van der Waals surface area contributed by atoms with Crippen molar-refractivity contribution in [1.29, 1.82) is 0 Å². The number of carbonyl (C=O) groups excluding carboxylic acids is 2. The number of ketones is 1. The number of hydrogen-bond acceptors (Lipinski definition) is 3. The Kier molecular flexibility index (Phi) is 6.53. The van der Waals surface area contributed by atoms with Crippen molar-refractivity contribution in [3.8, 4) is 0 Å². The summed E-state index contributed by atoms with van der Waals surface area (Å²) in [7, 11) is 0. The van der Waals surface area contributed by atoms with Gasteiger partial charge in [0.05, 0.1) is 11.1 Å². The van der Waals surface area contributed by atoms with Crippen LogP contribution in [0.25, 0.3) is 0 Å². The fraction of sp³-hybridized carbons (Fsp3) is 0.533. The van der Waals surface area contributed by atoms with E-state index in [1.54, 1.807) is 6.07 Å². The minimum Gasteiger partial charge on any atom is -0.325 e. The minimum absolute atomic E-state index is 0.0473. The van der Waals surface area contributed by atoms with Gasteiger partial charge in [-0.15, -0.1) is 0 Å². The van der Waals surface area contributed by atoms with Gasteiger partial charge in [0, 0.05) is 29.1 Å². The summed E-state index contributed by atoms with van der Waals surface area (Å²) in [5, 5.41) is 7.09. The number of amides is 1. The van der Waals surface area contributed by atoms with Gasteiger partial charge in [0.25, 0.3) is 0 Å². The average Bonchev–Trinajstić information content (AvgIpc) is 3.22. The number of anilines is 1. The third-order valence-corrected chi connectivity index (χ3v) is 8.95. The molecule has 1 saturated heterocycles. The van der Waals surface area contributed by atoms with Crippen LogP contribution in [-0.4, -0.2) is 23.8 Å².